The van der Waals surface area contributed by atoms with Gasteiger partial charge in [-0.3, -0.25) is 4.99 Å². The van der Waals surface area contributed by atoms with Crippen LogP contribution in [0.5, 0.6) is 0 Å². The minimum atomic E-state index is 0. The van der Waals surface area contributed by atoms with Gasteiger partial charge in [-0.25, -0.2) is 0 Å². The maximum atomic E-state index is 5.27. The molecule has 0 atom stereocenters. The van der Waals surface area contributed by atoms with Crippen molar-refractivity contribution in [3.63, 3.8) is 0 Å². The summed E-state index contributed by atoms with van der Waals surface area (Å²) in [7, 11) is 1.77. The molecule has 1 heterocycles. The number of aliphatic imine (C=N–C) groups is 1. The zero-order valence-electron chi connectivity index (χ0n) is 15.9. The summed E-state index contributed by atoms with van der Waals surface area (Å²) in [6.45, 7) is 7.69. The summed E-state index contributed by atoms with van der Waals surface area (Å²) < 4.78 is 5.27. The van der Waals surface area contributed by atoms with E-state index in [4.69, 9.17) is 4.52 Å². The number of rotatable bonds is 9. The number of benzene rings is 1. The molecule has 0 radical (unpaired) electrons. The third-order valence-corrected chi connectivity index (χ3v) is 4.02. The molecule has 0 saturated carbocycles. The van der Waals surface area contributed by atoms with Gasteiger partial charge in [-0.1, -0.05) is 30.3 Å². The van der Waals surface area contributed by atoms with Gasteiger partial charge in [0.05, 0.1) is 12.2 Å². The summed E-state index contributed by atoms with van der Waals surface area (Å²) in [5.41, 5.74) is 2.24. The molecule has 2 rings (SSSR count). The van der Waals surface area contributed by atoms with Crippen molar-refractivity contribution in [3.8, 4) is 0 Å². The second-order valence-electron chi connectivity index (χ2n) is 5.76. The summed E-state index contributed by atoms with van der Waals surface area (Å²) in [5.74, 6) is 1.60. The first kappa shape index (κ1) is 22.3. The topological polar surface area (TPSA) is 65.7 Å². The van der Waals surface area contributed by atoms with Crippen LogP contribution in [0.2, 0.25) is 0 Å². The first-order valence-corrected chi connectivity index (χ1v) is 8.95. The molecular formula is C19H30IN5O. The van der Waals surface area contributed by atoms with E-state index in [1.807, 2.05) is 12.1 Å². The lowest BCUT2D eigenvalue weighted by atomic mass is 10.2. The first-order valence-electron chi connectivity index (χ1n) is 8.95. The molecule has 0 aliphatic rings. The predicted octanol–water partition coefficient (Wildman–Crippen LogP) is 3.44. The fourth-order valence-electron chi connectivity index (χ4n) is 2.58. The van der Waals surface area contributed by atoms with E-state index in [1.165, 1.54) is 5.69 Å². The lowest BCUT2D eigenvalue weighted by molar-refractivity contribution is 0.374. The number of guanidine groups is 1. The molecule has 0 spiro atoms. The molecule has 1 aromatic carbocycles. The molecule has 0 fully saturated rings. The van der Waals surface area contributed by atoms with Crippen LogP contribution < -0.4 is 15.5 Å². The van der Waals surface area contributed by atoms with E-state index in [9.17, 15) is 0 Å². The van der Waals surface area contributed by atoms with Crippen LogP contribution >= 0.6 is 24.0 Å². The molecule has 0 bridgehead atoms. The fraction of sp³-hybridized carbons (Fsp3) is 0.474. The van der Waals surface area contributed by atoms with Gasteiger partial charge >= 0.3 is 0 Å². The van der Waals surface area contributed by atoms with E-state index >= 15 is 0 Å². The van der Waals surface area contributed by atoms with E-state index in [0.717, 1.165) is 49.9 Å². The quantitative estimate of drug-likeness (QED) is 0.254. The van der Waals surface area contributed by atoms with Crippen molar-refractivity contribution in [3.05, 3.63) is 47.9 Å². The Morgan fingerprint density at radius 3 is 2.58 bits per heavy atom. The van der Waals surface area contributed by atoms with Crippen molar-refractivity contribution < 1.29 is 4.52 Å². The van der Waals surface area contributed by atoms with Gasteiger partial charge in [0.2, 0.25) is 0 Å². The van der Waals surface area contributed by atoms with Gasteiger partial charge in [0.1, 0.15) is 0 Å². The SMILES string of the molecule is CCc1cc(CNC(=NC)NCCCN(CC)c2ccccc2)on1.I. The number of hydrogen-bond acceptors (Lipinski definition) is 4. The lowest BCUT2D eigenvalue weighted by Gasteiger charge is -2.23. The zero-order chi connectivity index (χ0) is 17.9. The van der Waals surface area contributed by atoms with E-state index in [-0.39, 0.29) is 24.0 Å². The fourth-order valence-corrected chi connectivity index (χ4v) is 2.58. The standard InChI is InChI=1S/C19H29N5O.HI/c1-4-16-14-18(25-23-16)15-22-19(20-3)21-12-9-13-24(5-2)17-10-7-6-8-11-17;/h6-8,10-11,14H,4-5,9,12-13,15H2,1-3H3,(H2,20,21,22);1H. The molecule has 26 heavy (non-hydrogen) atoms. The van der Waals surface area contributed by atoms with Crippen molar-refractivity contribution in [1.82, 2.24) is 15.8 Å². The Labute approximate surface area is 173 Å². The highest BCUT2D eigenvalue weighted by molar-refractivity contribution is 14.0. The van der Waals surface area contributed by atoms with E-state index in [1.54, 1.807) is 7.05 Å². The van der Waals surface area contributed by atoms with Gasteiger partial charge in [-0.2, -0.15) is 0 Å². The molecule has 0 amide bonds. The molecular weight excluding hydrogens is 441 g/mol. The van der Waals surface area contributed by atoms with Crippen molar-refractivity contribution in [1.29, 1.82) is 0 Å². The highest BCUT2D eigenvalue weighted by Crippen LogP contribution is 2.12. The molecule has 0 unspecified atom stereocenters. The number of hydrogen-bond donors (Lipinski definition) is 2. The second-order valence-corrected chi connectivity index (χ2v) is 5.76. The number of aromatic nitrogens is 1. The molecule has 0 saturated heterocycles. The summed E-state index contributed by atoms with van der Waals surface area (Å²) in [4.78, 5) is 6.62. The maximum absolute atomic E-state index is 5.27. The average molecular weight is 471 g/mol. The number of halogens is 1. The van der Waals surface area contributed by atoms with Crippen molar-refractivity contribution in [2.24, 2.45) is 4.99 Å². The van der Waals surface area contributed by atoms with Crippen LogP contribution in [0.1, 0.15) is 31.7 Å². The molecule has 2 N–H and O–H groups in total. The summed E-state index contributed by atoms with van der Waals surface area (Å²) in [6, 6.07) is 12.5. The second kappa shape index (κ2) is 12.6. The van der Waals surface area contributed by atoms with Crippen LogP contribution in [-0.2, 0) is 13.0 Å². The van der Waals surface area contributed by atoms with Crippen molar-refractivity contribution >= 4 is 35.6 Å². The van der Waals surface area contributed by atoms with Crippen LogP contribution in [0.25, 0.3) is 0 Å². The minimum absolute atomic E-state index is 0. The van der Waals surface area contributed by atoms with Crippen LogP contribution in [-0.4, -0.2) is 37.8 Å². The highest BCUT2D eigenvalue weighted by Gasteiger charge is 2.05. The molecule has 2 aromatic rings. The van der Waals surface area contributed by atoms with Gasteiger partial charge < -0.3 is 20.1 Å². The Kier molecular flexibility index (Phi) is 10.8. The number of nitrogens with one attached hydrogen (secondary N) is 2. The molecule has 7 heteroatoms. The first-order chi connectivity index (χ1) is 12.3. The number of anilines is 1. The van der Waals surface area contributed by atoms with Crippen LogP contribution in [0, 0.1) is 0 Å². The Bertz CT molecular complexity index is 644. The molecule has 0 aliphatic heterocycles. The molecule has 6 nitrogen and oxygen atoms in total. The summed E-state index contributed by atoms with van der Waals surface area (Å²) in [6.07, 6.45) is 1.91. The Balaban J connectivity index is 0.00000338. The zero-order valence-corrected chi connectivity index (χ0v) is 18.2. The van der Waals surface area contributed by atoms with Gasteiger partial charge in [0.25, 0.3) is 0 Å². The molecule has 1 aromatic heterocycles. The normalized spacial score (nSPS) is 11.0. The van der Waals surface area contributed by atoms with Gasteiger partial charge in [0.15, 0.2) is 11.7 Å². The monoisotopic (exact) mass is 471 g/mol. The largest absolute Gasteiger partial charge is 0.372 e. The van der Waals surface area contributed by atoms with Crippen LogP contribution in [0.4, 0.5) is 5.69 Å². The average Bonchev–Trinajstić information content (AvgIpc) is 3.13. The predicted molar refractivity (Wildman–Crippen MR) is 118 cm³/mol. The van der Waals surface area contributed by atoms with Crippen molar-refractivity contribution in [2.45, 2.75) is 33.2 Å². The van der Waals surface area contributed by atoms with Crippen LogP contribution in [0.15, 0.2) is 45.9 Å². The van der Waals surface area contributed by atoms with Crippen LogP contribution in [0.3, 0.4) is 0 Å². The highest BCUT2D eigenvalue weighted by atomic mass is 127. The molecule has 144 valence electrons. The Hall–Kier alpha value is -1.77. The van der Waals surface area contributed by atoms with E-state index in [2.05, 4.69) is 63.8 Å². The molecule has 0 aliphatic carbocycles. The van der Waals surface area contributed by atoms with Gasteiger partial charge in [-0.05, 0) is 31.9 Å². The third-order valence-electron chi connectivity index (χ3n) is 4.02. The lowest BCUT2D eigenvalue weighted by Crippen LogP contribution is -2.38. The smallest absolute Gasteiger partial charge is 0.191 e. The maximum Gasteiger partial charge on any atom is 0.191 e. The van der Waals surface area contributed by atoms with Gasteiger partial charge in [-0.15, -0.1) is 24.0 Å². The number of aryl methyl sites for hydroxylation is 1. The minimum Gasteiger partial charge on any atom is -0.372 e. The summed E-state index contributed by atoms with van der Waals surface area (Å²) >= 11 is 0. The Morgan fingerprint density at radius 1 is 1.19 bits per heavy atom. The van der Waals surface area contributed by atoms with Gasteiger partial charge in [0, 0.05) is 38.4 Å². The van der Waals surface area contributed by atoms with Crippen molar-refractivity contribution in [2.75, 3.05) is 31.6 Å². The Morgan fingerprint density at radius 2 is 1.96 bits per heavy atom. The summed E-state index contributed by atoms with van der Waals surface area (Å²) in [5, 5.41) is 10.6. The third kappa shape index (κ3) is 7.23. The van der Waals surface area contributed by atoms with E-state index in [0.29, 0.717) is 6.54 Å². The van der Waals surface area contributed by atoms with E-state index < -0.39 is 0 Å². The number of para-hydroxylation sites is 1. The number of nitrogens with zero attached hydrogens (tertiary/aromatic N) is 3.